The highest BCUT2D eigenvalue weighted by Crippen LogP contribution is 2.14. The molecule has 1 rings (SSSR count). The fourth-order valence-electron chi connectivity index (χ4n) is 1.13. The van der Waals surface area contributed by atoms with Crippen LogP contribution in [0.15, 0.2) is 12.1 Å². The van der Waals surface area contributed by atoms with Crippen molar-refractivity contribution in [3.05, 3.63) is 35.1 Å². The van der Waals surface area contributed by atoms with Crippen LogP contribution in [0.2, 0.25) is 0 Å². The molecular weight excluding hydrogens is 207 g/mol. The molecule has 2 nitrogen and oxygen atoms in total. The Kier molecular flexibility index (Phi) is 4.58. The zero-order valence-corrected chi connectivity index (χ0v) is 8.32. The van der Waals surface area contributed by atoms with Gasteiger partial charge in [0.2, 0.25) is 0 Å². The summed E-state index contributed by atoms with van der Waals surface area (Å²) in [5.74, 6) is -2.67. The van der Waals surface area contributed by atoms with Gasteiger partial charge in [0.1, 0.15) is 17.5 Å². The summed E-state index contributed by atoms with van der Waals surface area (Å²) in [6, 6.07) is 1.33. The van der Waals surface area contributed by atoms with Crippen molar-refractivity contribution in [2.24, 2.45) is 0 Å². The summed E-state index contributed by atoms with van der Waals surface area (Å²) in [5, 5.41) is 2.78. The van der Waals surface area contributed by atoms with Crippen molar-refractivity contribution >= 4 is 0 Å². The van der Waals surface area contributed by atoms with Gasteiger partial charge in [-0.05, 0) is 0 Å². The van der Waals surface area contributed by atoms with E-state index < -0.39 is 17.5 Å². The SMILES string of the molecule is COCCNCc1c(F)cc(F)cc1F. The molecule has 0 aliphatic rings. The zero-order chi connectivity index (χ0) is 11.3. The van der Waals surface area contributed by atoms with Gasteiger partial charge in [0.25, 0.3) is 0 Å². The first kappa shape index (κ1) is 12.0. The van der Waals surface area contributed by atoms with E-state index in [-0.39, 0.29) is 12.1 Å². The molecule has 1 aromatic rings. The van der Waals surface area contributed by atoms with Crippen molar-refractivity contribution < 1.29 is 17.9 Å². The first-order valence-electron chi connectivity index (χ1n) is 4.48. The summed E-state index contributed by atoms with van der Waals surface area (Å²) in [6.45, 7) is 0.943. The van der Waals surface area contributed by atoms with Gasteiger partial charge in [-0.3, -0.25) is 0 Å². The number of ether oxygens (including phenoxy) is 1. The normalized spacial score (nSPS) is 10.7. The maximum atomic E-state index is 13.1. The Labute approximate surface area is 86.1 Å². The molecule has 0 saturated heterocycles. The Bertz CT molecular complexity index is 307. The van der Waals surface area contributed by atoms with E-state index in [0.717, 1.165) is 0 Å². The van der Waals surface area contributed by atoms with Crippen LogP contribution in [0.3, 0.4) is 0 Å². The van der Waals surface area contributed by atoms with Crippen molar-refractivity contribution in [1.29, 1.82) is 0 Å². The van der Waals surface area contributed by atoms with Gasteiger partial charge in [0, 0.05) is 37.9 Å². The Balaban J connectivity index is 2.60. The second-order valence-corrected chi connectivity index (χ2v) is 3.02. The van der Waals surface area contributed by atoms with Crippen LogP contribution in [0.1, 0.15) is 5.56 Å². The van der Waals surface area contributed by atoms with E-state index in [4.69, 9.17) is 4.74 Å². The Morgan fingerprint density at radius 2 is 1.80 bits per heavy atom. The van der Waals surface area contributed by atoms with Gasteiger partial charge in [-0.2, -0.15) is 0 Å². The van der Waals surface area contributed by atoms with Gasteiger partial charge in [0.15, 0.2) is 0 Å². The standard InChI is InChI=1S/C10H12F3NO/c1-15-3-2-14-6-8-9(12)4-7(11)5-10(8)13/h4-5,14H,2-3,6H2,1H3. The summed E-state index contributed by atoms with van der Waals surface area (Å²) in [4.78, 5) is 0. The summed E-state index contributed by atoms with van der Waals surface area (Å²) in [7, 11) is 1.53. The molecule has 1 N–H and O–H groups in total. The van der Waals surface area contributed by atoms with E-state index in [1.54, 1.807) is 0 Å². The van der Waals surface area contributed by atoms with Crippen LogP contribution >= 0.6 is 0 Å². The maximum absolute atomic E-state index is 13.1. The third-order valence-electron chi connectivity index (χ3n) is 1.89. The average Bonchev–Trinajstić information content (AvgIpc) is 2.15. The van der Waals surface area contributed by atoms with E-state index in [2.05, 4.69) is 5.32 Å². The quantitative estimate of drug-likeness (QED) is 0.763. The summed E-state index contributed by atoms with van der Waals surface area (Å²) < 4.78 is 43.4. The summed E-state index contributed by atoms with van der Waals surface area (Å²) in [5.41, 5.74) is -0.160. The number of hydrogen-bond donors (Lipinski definition) is 1. The number of rotatable bonds is 5. The second-order valence-electron chi connectivity index (χ2n) is 3.02. The zero-order valence-electron chi connectivity index (χ0n) is 8.32. The van der Waals surface area contributed by atoms with Crippen molar-refractivity contribution in [2.75, 3.05) is 20.3 Å². The second kappa shape index (κ2) is 5.72. The molecule has 0 fully saturated rings. The molecule has 0 spiro atoms. The minimum atomic E-state index is -0.911. The number of nitrogens with one attached hydrogen (secondary N) is 1. The monoisotopic (exact) mass is 219 g/mol. The van der Waals surface area contributed by atoms with E-state index in [1.165, 1.54) is 7.11 Å². The van der Waals surface area contributed by atoms with Crippen LogP contribution in [0.25, 0.3) is 0 Å². The maximum Gasteiger partial charge on any atom is 0.133 e. The first-order chi connectivity index (χ1) is 7.15. The van der Waals surface area contributed by atoms with E-state index in [1.807, 2.05) is 0 Å². The molecule has 0 aliphatic heterocycles. The highest BCUT2D eigenvalue weighted by atomic mass is 19.1. The van der Waals surface area contributed by atoms with Crippen molar-refractivity contribution in [3.63, 3.8) is 0 Å². The Morgan fingerprint density at radius 3 is 2.33 bits per heavy atom. The molecule has 0 bridgehead atoms. The van der Waals surface area contributed by atoms with E-state index in [0.29, 0.717) is 25.3 Å². The molecule has 84 valence electrons. The highest BCUT2D eigenvalue weighted by Gasteiger charge is 2.10. The van der Waals surface area contributed by atoms with Crippen molar-refractivity contribution in [3.8, 4) is 0 Å². The minimum absolute atomic E-state index is 0.0152. The van der Waals surface area contributed by atoms with Gasteiger partial charge >= 0.3 is 0 Å². The Morgan fingerprint density at radius 1 is 1.20 bits per heavy atom. The predicted molar refractivity (Wildman–Crippen MR) is 49.9 cm³/mol. The average molecular weight is 219 g/mol. The van der Waals surface area contributed by atoms with Gasteiger partial charge in [-0.15, -0.1) is 0 Å². The molecule has 0 unspecified atom stereocenters. The number of hydrogen-bond acceptors (Lipinski definition) is 2. The summed E-state index contributed by atoms with van der Waals surface area (Å²) in [6.07, 6.45) is 0. The van der Waals surface area contributed by atoms with Crippen LogP contribution in [-0.4, -0.2) is 20.3 Å². The van der Waals surface area contributed by atoms with Crippen LogP contribution < -0.4 is 5.32 Å². The minimum Gasteiger partial charge on any atom is -0.383 e. The molecule has 1 aromatic carbocycles. The van der Waals surface area contributed by atoms with Crippen molar-refractivity contribution in [1.82, 2.24) is 5.32 Å². The summed E-state index contributed by atoms with van der Waals surface area (Å²) >= 11 is 0. The van der Waals surface area contributed by atoms with E-state index in [9.17, 15) is 13.2 Å². The molecule has 0 aromatic heterocycles. The number of methoxy groups -OCH3 is 1. The lowest BCUT2D eigenvalue weighted by atomic mass is 10.2. The topological polar surface area (TPSA) is 21.3 Å². The van der Waals surface area contributed by atoms with Crippen LogP contribution in [-0.2, 0) is 11.3 Å². The van der Waals surface area contributed by atoms with Gasteiger partial charge in [0.05, 0.1) is 6.61 Å². The molecule has 0 amide bonds. The fraction of sp³-hybridized carbons (Fsp3) is 0.400. The lowest BCUT2D eigenvalue weighted by molar-refractivity contribution is 0.199. The molecule has 0 heterocycles. The molecule has 5 heteroatoms. The largest absolute Gasteiger partial charge is 0.383 e. The fourth-order valence-corrected chi connectivity index (χ4v) is 1.13. The smallest absolute Gasteiger partial charge is 0.133 e. The highest BCUT2D eigenvalue weighted by molar-refractivity contribution is 5.20. The van der Waals surface area contributed by atoms with Crippen LogP contribution in [0.4, 0.5) is 13.2 Å². The first-order valence-corrected chi connectivity index (χ1v) is 4.48. The lowest BCUT2D eigenvalue weighted by Gasteiger charge is -2.06. The molecule has 0 saturated carbocycles. The van der Waals surface area contributed by atoms with Crippen molar-refractivity contribution in [2.45, 2.75) is 6.54 Å². The molecular formula is C10H12F3NO. The van der Waals surface area contributed by atoms with Crippen LogP contribution in [0.5, 0.6) is 0 Å². The van der Waals surface area contributed by atoms with Gasteiger partial charge < -0.3 is 10.1 Å². The third-order valence-corrected chi connectivity index (χ3v) is 1.89. The predicted octanol–water partition coefficient (Wildman–Crippen LogP) is 1.84. The Hall–Kier alpha value is -1.07. The van der Waals surface area contributed by atoms with E-state index >= 15 is 0 Å². The van der Waals surface area contributed by atoms with Gasteiger partial charge in [-0.1, -0.05) is 0 Å². The molecule has 15 heavy (non-hydrogen) atoms. The molecule has 0 aliphatic carbocycles. The van der Waals surface area contributed by atoms with Gasteiger partial charge in [-0.25, -0.2) is 13.2 Å². The number of halogens is 3. The molecule has 0 atom stereocenters. The third kappa shape index (κ3) is 3.53. The number of benzene rings is 1. The molecule has 0 radical (unpaired) electrons. The van der Waals surface area contributed by atoms with Crippen LogP contribution in [0, 0.1) is 17.5 Å². The lowest BCUT2D eigenvalue weighted by Crippen LogP contribution is -2.20.